The molecule has 1 aliphatic heterocycles. The summed E-state index contributed by atoms with van der Waals surface area (Å²) in [4.78, 5) is 24.8. The molecule has 2 aromatic rings. The fourth-order valence-electron chi connectivity index (χ4n) is 3.18. The van der Waals surface area contributed by atoms with Crippen LogP contribution < -0.4 is 4.90 Å². The molecule has 1 amide bonds. The van der Waals surface area contributed by atoms with E-state index in [4.69, 9.17) is 11.6 Å². The minimum Gasteiger partial charge on any atom is -0.308 e. The Morgan fingerprint density at radius 1 is 1.44 bits per heavy atom. The van der Waals surface area contributed by atoms with Gasteiger partial charge in [0.15, 0.2) is 0 Å². The van der Waals surface area contributed by atoms with Gasteiger partial charge in [-0.1, -0.05) is 31.5 Å². The van der Waals surface area contributed by atoms with Crippen molar-refractivity contribution in [1.82, 2.24) is 9.78 Å². The third-order valence-corrected chi connectivity index (χ3v) is 4.88. The van der Waals surface area contributed by atoms with Gasteiger partial charge in [-0.2, -0.15) is 5.10 Å². The molecule has 27 heavy (non-hydrogen) atoms. The molecule has 0 aliphatic carbocycles. The van der Waals surface area contributed by atoms with E-state index >= 15 is 0 Å². The highest BCUT2D eigenvalue weighted by molar-refractivity contribution is 6.31. The number of aromatic nitrogens is 2. The number of carbonyl (C=O) groups excluding carboxylic acids is 1. The molecule has 3 rings (SSSR count). The van der Waals surface area contributed by atoms with Crippen molar-refractivity contribution in [3.8, 4) is 0 Å². The van der Waals surface area contributed by atoms with Gasteiger partial charge < -0.3 is 4.90 Å². The van der Waals surface area contributed by atoms with Gasteiger partial charge in [-0.25, -0.2) is 0 Å². The number of nitro benzene ring substituents is 1. The van der Waals surface area contributed by atoms with Gasteiger partial charge in [0.05, 0.1) is 16.3 Å². The van der Waals surface area contributed by atoms with E-state index < -0.39 is 4.92 Å². The van der Waals surface area contributed by atoms with Crippen LogP contribution in [0.4, 0.5) is 11.4 Å². The van der Waals surface area contributed by atoms with Crippen molar-refractivity contribution in [3.05, 3.63) is 56.4 Å². The average Bonchev–Trinajstić information content (AvgIpc) is 3.13. The van der Waals surface area contributed by atoms with Crippen LogP contribution >= 0.6 is 11.6 Å². The molecular weight excluding hydrogens is 368 g/mol. The number of amides is 1. The molecule has 142 valence electrons. The average molecular weight is 389 g/mol. The summed E-state index contributed by atoms with van der Waals surface area (Å²) in [5.74, 6) is 0.165. The third-order valence-electron chi connectivity index (χ3n) is 4.48. The van der Waals surface area contributed by atoms with Gasteiger partial charge in [-0.3, -0.25) is 19.6 Å². The van der Waals surface area contributed by atoms with E-state index in [9.17, 15) is 14.9 Å². The molecule has 1 aromatic carbocycles. The van der Waals surface area contributed by atoms with Crippen LogP contribution in [0.15, 0.2) is 24.3 Å². The minimum absolute atomic E-state index is 0.0220. The lowest BCUT2D eigenvalue weighted by Gasteiger charge is -2.14. The largest absolute Gasteiger partial charge is 0.308 e. The topological polar surface area (TPSA) is 81.3 Å². The first-order valence-electron chi connectivity index (χ1n) is 8.77. The summed E-state index contributed by atoms with van der Waals surface area (Å²) in [6.45, 7) is 7.21. The number of hydrogen-bond donors (Lipinski definition) is 0. The van der Waals surface area contributed by atoms with Crippen LogP contribution in [0.25, 0.3) is 6.08 Å². The number of nitrogens with zero attached hydrogens (tertiary/aromatic N) is 4. The Hall–Kier alpha value is -2.67. The quantitative estimate of drug-likeness (QED) is 0.440. The number of non-ortho nitro benzene ring substituents is 1. The van der Waals surface area contributed by atoms with Gasteiger partial charge in [0.2, 0.25) is 0 Å². The number of halogens is 1. The molecule has 7 nitrogen and oxygen atoms in total. The van der Waals surface area contributed by atoms with Crippen molar-refractivity contribution >= 4 is 35.0 Å². The van der Waals surface area contributed by atoms with Gasteiger partial charge in [0.25, 0.3) is 11.6 Å². The molecule has 0 bridgehead atoms. The molecule has 0 spiro atoms. The predicted molar refractivity (Wildman–Crippen MR) is 105 cm³/mol. The molecule has 1 aromatic heterocycles. The Morgan fingerprint density at radius 2 is 2.19 bits per heavy atom. The van der Waals surface area contributed by atoms with E-state index in [1.807, 2.05) is 6.92 Å². The fourth-order valence-corrected chi connectivity index (χ4v) is 3.48. The van der Waals surface area contributed by atoms with Gasteiger partial charge in [0.1, 0.15) is 5.15 Å². The third kappa shape index (κ3) is 3.88. The zero-order valence-electron chi connectivity index (χ0n) is 15.5. The van der Waals surface area contributed by atoms with Crippen LogP contribution in [0.2, 0.25) is 5.15 Å². The fraction of sp³-hybridized carbons (Fsp3) is 0.368. The van der Waals surface area contributed by atoms with E-state index in [0.29, 0.717) is 41.8 Å². The second kappa shape index (κ2) is 7.52. The lowest BCUT2D eigenvalue weighted by molar-refractivity contribution is -0.384. The zero-order valence-corrected chi connectivity index (χ0v) is 16.2. The molecule has 0 N–H and O–H groups in total. The molecule has 0 unspecified atom stereocenters. The summed E-state index contributed by atoms with van der Waals surface area (Å²) in [5, 5.41) is 15.9. The molecular formula is C19H21ClN4O3. The number of fused-ring (bicyclic) bond motifs is 1. The Kier molecular flexibility index (Phi) is 5.32. The maximum Gasteiger partial charge on any atom is 0.271 e. The van der Waals surface area contributed by atoms with Crippen LogP contribution in [0.3, 0.4) is 0 Å². The standard InChI is InChI=1S/C19H21ClN4O3/c1-12(2)11-23-19(20)16(13(3)21-23)6-7-18(25)22-9-8-14-4-5-15(24(26)27)10-17(14)22/h4-7,10,12H,8-9,11H2,1-3H3/b7-6+. The predicted octanol–water partition coefficient (Wildman–Crippen LogP) is 4.01. The summed E-state index contributed by atoms with van der Waals surface area (Å²) < 4.78 is 1.74. The van der Waals surface area contributed by atoms with Crippen LogP contribution in [0.5, 0.6) is 0 Å². The zero-order chi connectivity index (χ0) is 19.7. The van der Waals surface area contributed by atoms with Gasteiger partial charge in [-0.15, -0.1) is 0 Å². The van der Waals surface area contributed by atoms with E-state index in [0.717, 1.165) is 11.3 Å². The molecule has 0 saturated heterocycles. The highest BCUT2D eigenvalue weighted by Gasteiger charge is 2.25. The normalized spacial score (nSPS) is 13.6. The number of aryl methyl sites for hydroxylation is 1. The van der Waals surface area contributed by atoms with Crippen LogP contribution in [0, 0.1) is 23.0 Å². The lowest BCUT2D eigenvalue weighted by Crippen LogP contribution is -2.26. The Labute approximate surface area is 162 Å². The Balaban J connectivity index is 1.83. The number of hydrogen-bond acceptors (Lipinski definition) is 4. The summed E-state index contributed by atoms with van der Waals surface area (Å²) in [6, 6.07) is 4.63. The second-order valence-corrected chi connectivity index (χ2v) is 7.37. The highest BCUT2D eigenvalue weighted by Crippen LogP contribution is 2.32. The van der Waals surface area contributed by atoms with Crippen LogP contribution in [-0.4, -0.2) is 27.2 Å². The first-order chi connectivity index (χ1) is 12.8. The van der Waals surface area contributed by atoms with Crippen molar-refractivity contribution in [3.63, 3.8) is 0 Å². The van der Waals surface area contributed by atoms with Crippen molar-refractivity contribution in [2.24, 2.45) is 5.92 Å². The molecule has 2 heterocycles. The highest BCUT2D eigenvalue weighted by atomic mass is 35.5. The monoisotopic (exact) mass is 388 g/mol. The molecule has 0 saturated carbocycles. The lowest BCUT2D eigenvalue weighted by atomic mass is 10.1. The number of rotatable bonds is 5. The molecule has 1 aliphatic rings. The van der Waals surface area contributed by atoms with E-state index in [-0.39, 0.29) is 11.6 Å². The first kappa shape index (κ1) is 19.1. The molecule has 0 atom stereocenters. The van der Waals surface area contributed by atoms with Crippen LogP contribution in [-0.2, 0) is 17.8 Å². The Bertz CT molecular complexity index is 933. The van der Waals surface area contributed by atoms with Crippen molar-refractivity contribution in [2.75, 3.05) is 11.4 Å². The van der Waals surface area contributed by atoms with E-state index in [2.05, 4.69) is 18.9 Å². The van der Waals surface area contributed by atoms with Crippen molar-refractivity contribution < 1.29 is 9.72 Å². The van der Waals surface area contributed by atoms with E-state index in [1.54, 1.807) is 21.7 Å². The smallest absolute Gasteiger partial charge is 0.271 e. The second-order valence-electron chi connectivity index (χ2n) is 7.01. The maximum absolute atomic E-state index is 12.7. The van der Waals surface area contributed by atoms with Gasteiger partial charge in [-0.05, 0) is 30.9 Å². The number of anilines is 1. The molecule has 0 fully saturated rings. The Morgan fingerprint density at radius 3 is 2.85 bits per heavy atom. The summed E-state index contributed by atoms with van der Waals surface area (Å²) in [6.07, 6.45) is 3.79. The van der Waals surface area contributed by atoms with Crippen molar-refractivity contribution in [1.29, 1.82) is 0 Å². The minimum atomic E-state index is -0.455. The SMILES string of the molecule is Cc1nn(CC(C)C)c(Cl)c1/C=C/C(=O)N1CCc2ccc([N+](=O)[O-])cc21. The van der Waals surface area contributed by atoms with E-state index in [1.165, 1.54) is 18.2 Å². The number of nitro groups is 1. The summed E-state index contributed by atoms with van der Waals surface area (Å²) in [5.41, 5.74) is 2.97. The number of carbonyl (C=O) groups is 1. The number of benzene rings is 1. The summed E-state index contributed by atoms with van der Waals surface area (Å²) in [7, 11) is 0. The molecule has 0 radical (unpaired) electrons. The maximum atomic E-state index is 12.7. The van der Waals surface area contributed by atoms with Gasteiger partial charge >= 0.3 is 0 Å². The van der Waals surface area contributed by atoms with Crippen molar-refractivity contribution in [2.45, 2.75) is 33.7 Å². The molecule has 8 heteroatoms. The van der Waals surface area contributed by atoms with Crippen LogP contribution in [0.1, 0.15) is 30.7 Å². The summed E-state index contributed by atoms with van der Waals surface area (Å²) >= 11 is 6.40. The van der Waals surface area contributed by atoms with Gasteiger partial charge in [0, 0.05) is 36.9 Å². The first-order valence-corrected chi connectivity index (χ1v) is 9.15.